The molecule has 0 aromatic rings. The minimum absolute atomic E-state index is 0.248. The van der Waals surface area contributed by atoms with Gasteiger partial charge in [-0.15, -0.1) is 22.2 Å². The van der Waals surface area contributed by atoms with E-state index in [-0.39, 0.29) is 5.16 Å². The molecule has 0 saturated heterocycles. The zero-order chi connectivity index (χ0) is 8.15. The van der Waals surface area contributed by atoms with Crippen LogP contribution in [0.2, 0.25) is 0 Å². The van der Waals surface area contributed by atoms with Crippen LogP contribution >= 0.6 is 45.4 Å². The second-order valence-corrected chi connectivity index (χ2v) is 6.28. The number of rotatable bonds is 3. The maximum Gasteiger partial charge on any atom is 0.335 e. The largest absolute Gasteiger partial charge is 0.379 e. The van der Waals surface area contributed by atoms with E-state index in [0.717, 1.165) is 0 Å². The van der Waals surface area contributed by atoms with Crippen LogP contribution in [0, 0.1) is 0 Å². The van der Waals surface area contributed by atoms with E-state index >= 15 is 0 Å². The van der Waals surface area contributed by atoms with Crippen LogP contribution in [0.15, 0.2) is 22.8 Å². The van der Waals surface area contributed by atoms with Crippen LogP contribution in [0.4, 0.5) is 0 Å². The Morgan fingerprint density at radius 1 is 1.40 bits per heavy atom. The van der Waals surface area contributed by atoms with Gasteiger partial charge in [0, 0.05) is 0 Å². The molecule has 0 radical (unpaired) electrons. The fraction of sp³-hybridized carbons (Fsp3) is 0. The lowest BCUT2D eigenvalue weighted by molar-refractivity contribution is 1.31. The van der Waals surface area contributed by atoms with Crippen LogP contribution < -0.4 is 4.98 Å². The molecule has 0 spiro atoms. The highest BCUT2D eigenvalue weighted by Crippen LogP contribution is 2.12. The number of hydrogen-bond donors (Lipinski definition) is 1. The van der Waals surface area contributed by atoms with Crippen molar-refractivity contribution >= 4 is 52.9 Å². The van der Waals surface area contributed by atoms with Crippen molar-refractivity contribution in [2.24, 2.45) is 0 Å². The van der Waals surface area contributed by atoms with Gasteiger partial charge in [0.1, 0.15) is 5.16 Å². The molecule has 0 unspecified atom stereocenters. The minimum atomic E-state index is -1.93. The molecule has 10 heavy (non-hydrogen) atoms. The number of nitrogens with one attached hydrogen (secondary N) is 1. The fourth-order valence-electron chi connectivity index (χ4n) is 0.254. The third kappa shape index (κ3) is 4.47. The molecule has 0 aliphatic rings. The Balaban J connectivity index is 4.04. The van der Waals surface area contributed by atoms with Crippen molar-refractivity contribution in [3.8, 4) is 0 Å². The van der Waals surface area contributed by atoms with Gasteiger partial charge in [0.15, 0.2) is 0 Å². The summed E-state index contributed by atoms with van der Waals surface area (Å²) in [5.41, 5.74) is 0. The highest BCUT2D eigenvalue weighted by Gasteiger charge is 2.03. The lowest BCUT2D eigenvalue weighted by atomic mass is 10.6. The van der Waals surface area contributed by atoms with Crippen LogP contribution in [-0.4, -0.2) is 7.58 Å². The van der Waals surface area contributed by atoms with Crippen molar-refractivity contribution in [3.05, 3.63) is 22.8 Å². The van der Waals surface area contributed by atoms with Crippen LogP contribution in [0.1, 0.15) is 0 Å². The Hall–Kier alpha value is 0.657. The molecule has 0 fully saturated rings. The smallest absolute Gasteiger partial charge is 0.335 e. The Morgan fingerprint density at radius 2 is 1.90 bits per heavy atom. The van der Waals surface area contributed by atoms with Crippen molar-refractivity contribution in [2.75, 3.05) is 0 Å². The van der Waals surface area contributed by atoms with E-state index in [1.165, 1.54) is 6.08 Å². The molecule has 0 heterocycles. The number of halogens is 4. The van der Waals surface area contributed by atoms with Crippen molar-refractivity contribution in [1.29, 1.82) is 0 Å². The number of hydrogen-bond acceptors (Lipinski definition) is 1. The zero-order valence-electron chi connectivity index (χ0n) is 4.87. The fourth-order valence-corrected chi connectivity index (χ4v) is 2.14. The molecule has 58 valence electrons. The summed E-state index contributed by atoms with van der Waals surface area (Å²) < 4.78 is 0. The Morgan fingerprint density at radius 3 is 2.20 bits per heavy atom. The van der Waals surface area contributed by atoms with Gasteiger partial charge in [0.2, 0.25) is 0 Å². The first kappa shape index (κ1) is 10.7. The van der Waals surface area contributed by atoms with E-state index in [4.69, 9.17) is 45.4 Å². The molecule has 1 nitrogen and oxygen atoms in total. The summed E-state index contributed by atoms with van der Waals surface area (Å²) in [5, 5.41) is 0.568. The number of allylic oxidation sites excluding steroid dienone is 2. The summed E-state index contributed by atoms with van der Waals surface area (Å²) in [4.78, 5) is 2.60. The van der Waals surface area contributed by atoms with Crippen molar-refractivity contribution < 1.29 is 0 Å². The summed E-state index contributed by atoms with van der Waals surface area (Å²) in [6.45, 7) is 3.40. The summed E-state index contributed by atoms with van der Waals surface area (Å²) in [6, 6.07) is 0. The summed E-state index contributed by atoms with van der Waals surface area (Å²) in [5.74, 6) is 0. The topological polar surface area (TPSA) is 12.0 Å². The van der Waals surface area contributed by atoms with Gasteiger partial charge in [-0.3, -0.25) is 0 Å². The summed E-state index contributed by atoms with van der Waals surface area (Å²) >= 11 is 22.0. The predicted octanol–water partition coefficient (Wildman–Crippen LogP) is 2.60. The van der Waals surface area contributed by atoms with Gasteiger partial charge < -0.3 is 4.98 Å². The maximum atomic E-state index is 5.56. The van der Waals surface area contributed by atoms with Crippen LogP contribution in [-0.2, 0) is 0 Å². The Kier molecular flexibility index (Phi) is 5.68. The van der Waals surface area contributed by atoms with E-state index in [1.807, 2.05) is 0 Å². The Labute approximate surface area is 80.7 Å². The first-order valence-electron chi connectivity index (χ1n) is 2.30. The van der Waals surface area contributed by atoms with Crippen LogP contribution in [0.25, 0.3) is 0 Å². The van der Waals surface area contributed by atoms with E-state index in [1.54, 1.807) is 0 Å². The van der Waals surface area contributed by atoms with Gasteiger partial charge in [-0.1, -0.05) is 29.8 Å². The SMILES string of the molecule is C=CC(Cl)=C(Cl)N[SiH](Cl)Cl. The van der Waals surface area contributed by atoms with E-state index < -0.39 is 7.58 Å². The molecule has 0 aliphatic carbocycles. The van der Waals surface area contributed by atoms with Gasteiger partial charge in [0.05, 0.1) is 5.03 Å². The maximum absolute atomic E-state index is 5.56. The van der Waals surface area contributed by atoms with Crippen molar-refractivity contribution in [1.82, 2.24) is 4.98 Å². The van der Waals surface area contributed by atoms with Gasteiger partial charge in [-0.05, 0) is 6.08 Å². The third-order valence-corrected chi connectivity index (χ3v) is 2.72. The molecule has 0 aliphatic heterocycles. The van der Waals surface area contributed by atoms with Crippen molar-refractivity contribution in [3.63, 3.8) is 0 Å². The van der Waals surface area contributed by atoms with Gasteiger partial charge in [0.25, 0.3) is 0 Å². The average molecular weight is 237 g/mol. The standard InChI is InChI=1S/C4H5Cl4NSi/c1-2-3(5)4(6)9-10(7)8/h2,9-10H,1H2. The molecule has 0 aromatic heterocycles. The van der Waals surface area contributed by atoms with Gasteiger partial charge in [-0.25, -0.2) is 0 Å². The summed E-state index contributed by atoms with van der Waals surface area (Å²) in [7, 11) is -1.93. The highest BCUT2D eigenvalue weighted by atomic mass is 35.7. The molecule has 0 rings (SSSR count). The normalized spacial score (nSPS) is 12.9. The molecule has 0 aromatic carbocycles. The Bertz CT molecular complexity index is 155. The van der Waals surface area contributed by atoms with Gasteiger partial charge >= 0.3 is 7.58 Å². The predicted molar refractivity (Wildman–Crippen MR) is 50.9 cm³/mol. The highest BCUT2D eigenvalue weighted by molar-refractivity contribution is 7.32. The molecule has 0 saturated carbocycles. The van der Waals surface area contributed by atoms with E-state index in [9.17, 15) is 0 Å². The molecule has 6 heteroatoms. The van der Waals surface area contributed by atoms with E-state index in [2.05, 4.69) is 11.6 Å². The lowest BCUT2D eigenvalue weighted by Crippen LogP contribution is -2.20. The second-order valence-electron chi connectivity index (χ2n) is 1.31. The summed E-state index contributed by atoms with van der Waals surface area (Å²) in [6.07, 6.45) is 1.40. The molecular formula is C4H5Cl4NSi. The van der Waals surface area contributed by atoms with Crippen LogP contribution in [0.3, 0.4) is 0 Å². The minimum Gasteiger partial charge on any atom is -0.379 e. The monoisotopic (exact) mass is 235 g/mol. The van der Waals surface area contributed by atoms with Crippen molar-refractivity contribution in [2.45, 2.75) is 0 Å². The lowest BCUT2D eigenvalue weighted by Gasteiger charge is -2.02. The molecule has 0 atom stereocenters. The van der Waals surface area contributed by atoms with Crippen LogP contribution in [0.5, 0.6) is 0 Å². The first-order chi connectivity index (χ1) is 4.57. The molecule has 0 amide bonds. The third-order valence-electron chi connectivity index (χ3n) is 0.625. The molecular weight excluding hydrogens is 232 g/mol. The zero-order valence-corrected chi connectivity index (χ0v) is 9.05. The quantitative estimate of drug-likeness (QED) is 0.344. The second kappa shape index (κ2) is 5.33. The first-order valence-corrected chi connectivity index (χ1v) is 7.12. The molecule has 1 N–H and O–H groups in total. The van der Waals surface area contributed by atoms with Gasteiger partial charge in [-0.2, -0.15) is 0 Å². The van der Waals surface area contributed by atoms with E-state index in [0.29, 0.717) is 5.03 Å². The average Bonchev–Trinajstić information content (AvgIpc) is 1.85. The molecule has 0 bridgehead atoms.